The number of aryl methyl sites for hydroxylation is 2. The molecule has 2 heterocycles. The fourth-order valence-corrected chi connectivity index (χ4v) is 2.60. The number of carbonyl (C=O) groups excluding carboxylic acids is 1. The second kappa shape index (κ2) is 4.71. The molecule has 0 bridgehead atoms. The molecule has 0 fully saturated rings. The largest absolute Gasteiger partial charge is 0.370 e. The molecule has 0 aliphatic carbocycles. The molecule has 0 aromatic carbocycles. The first-order chi connectivity index (χ1) is 8.09. The summed E-state index contributed by atoms with van der Waals surface area (Å²) in [5, 5.41) is 8.61. The highest BCUT2D eigenvalue weighted by Gasteiger charge is 2.13. The van der Waals surface area contributed by atoms with Gasteiger partial charge in [-0.1, -0.05) is 0 Å². The lowest BCUT2D eigenvalue weighted by Gasteiger charge is -2.03. The maximum atomic E-state index is 10.8. The molecule has 2 N–H and O–H groups in total. The van der Waals surface area contributed by atoms with Gasteiger partial charge in [0.05, 0.1) is 5.69 Å². The number of aromatic nitrogens is 2. The van der Waals surface area contributed by atoms with Crippen LogP contribution in [-0.4, -0.2) is 15.7 Å². The average Bonchev–Trinajstić information content (AvgIpc) is 2.84. The van der Waals surface area contributed by atoms with Crippen LogP contribution < -0.4 is 5.73 Å². The Hall–Kier alpha value is -1.62. The Balaban J connectivity index is 2.32. The predicted molar refractivity (Wildman–Crippen MR) is 68.8 cm³/mol. The minimum absolute atomic E-state index is 0.297. The van der Waals surface area contributed by atoms with Crippen molar-refractivity contribution in [2.24, 2.45) is 5.73 Å². The number of thiophene rings is 1. The van der Waals surface area contributed by atoms with Gasteiger partial charge >= 0.3 is 0 Å². The quantitative estimate of drug-likeness (QED) is 0.902. The number of rotatable bonds is 4. The Morgan fingerprint density at radius 2 is 2.29 bits per heavy atom. The van der Waals surface area contributed by atoms with Gasteiger partial charge in [0.2, 0.25) is 5.91 Å². The lowest BCUT2D eigenvalue weighted by molar-refractivity contribution is -0.118. The van der Waals surface area contributed by atoms with Crippen LogP contribution in [-0.2, 0) is 11.3 Å². The van der Waals surface area contributed by atoms with Gasteiger partial charge in [-0.05, 0) is 36.2 Å². The van der Waals surface area contributed by atoms with E-state index in [1.807, 2.05) is 18.5 Å². The van der Waals surface area contributed by atoms with Crippen molar-refractivity contribution in [1.82, 2.24) is 9.78 Å². The van der Waals surface area contributed by atoms with Gasteiger partial charge in [-0.3, -0.25) is 9.48 Å². The van der Waals surface area contributed by atoms with Crippen LogP contribution >= 0.6 is 11.3 Å². The predicted octanol–water partition coefficient (Wildman–Crippen LogP) is 2.10. The first kappa shape index (κ1) is 11.9. The zero-order valence-corrected chi connectivity index (χ0v) is 10.8. The summed E-state index contributed by atoms with van der Waals surface area (Å²) in [5.74, 6) is -0.297. The Labute approximate surface area is 104 Å². The maximum Gasteiger partial charge on any atom is 0.219 e. The third kappa shape index (κ3) is 2.39. The van der Waals surface area contributed by atoms with E-state index >= 15 is 0 Å². The van der Waals surface area contributed by atoms with E-state index in [1.165, 1.54) is 5.56 Å². The van der Waals surface area contributed by atoms with Crippen molar-refractivity contribution in [3.63, 3.8) is 0 Å². The normalized spacial score (nSPS) is 10.7. The average molecular weight is 249 g/mol. The SMILES string of the molecule is Cc1nn(CCC(N)=O)c(C)c1-c1ccsc1. The fourth-order valence-electron chi connectivity index (χ4n) is 1.96. The van der Waals surface area contributed by atoms with Crippen molar-refractivity contribution in [3.05, 3.63) is 28.2 Å². The number of hydrogen-bond donors (Lipinski definition) is 1. The van der Waals surface area contributed by atoms with Crippen molar-refractivity contribution in [2.75, 3.05) is 0 Å². The van der Waals surface area contributed by atoms with Crippen molar-refractivity contribution >= 4 is 17.2 Å². The van der Waals surface area contributed by atoms with Crippen molar-refractivity contribution < 1.29 is 4.79 Å². The molecule has 0 saturated carbocycles. The Bertz CT molecular complexity index is 528. The monoisotopic (exact) mass is 249 g/mol. The summed E-state index contributed by atoms with van der Waals surface area (Å²) in [6, 6.07) is 2.08. The second-order valence-corrected chi connectivity index (χ2v) is 4.78. The van der Waals surface area contributed by atoms with E-state index in [4.69, 9.17) is 5.73 Å². The van der Waals surface area contributed by atoms with E-state index in [2.05, 4.69) is 21.9 Å². The van der Waals surface area contributed by atoms with Crippen molar-refractivity contribution in [1.29, 1.82) is 0 Å². The van der Waals surface area contributed by atoms with Gasteiger partial charge in [-0.2, -0.15) is 16.4 Å². The standard InChI is InChI=1S/C12H15N3OS/c1-8-12(10-4-6-17-7-10)9(2)15(14-8)5-3-11(13)16/h4,6-7H,3,5H2,1-2H3,(H2,13,16). The van der Waals surface area contributed by atoms with Crippen LogP contribution in [0.4, 0.5) is 0 Å². The van der Waals surface area contributed by atoms with Crippen LogP contribution in [0.1, 0.15) is 17.8 Å². The first-order valence-electron chi connectivity index (χ1n) is 5.44. The number of hydrogen-bond acceptors (Lipinski definition) is 3. The summed E-state index contributed by atoms with van der Waals surface area (Å²) in [6.45, 7) is 4.56. The number of amides is 1. The van der Waals surface area contributed by atoms with E-state index in [0.29, 0.717) is 13.0 Å². The molecule has 0 radical (unpaired) electrons. The van der Waals surface area contributed by atoms with Gasteiger partial charge in [0.15, 0.2) is 0 Å². The van der Waals surface area contributed by atoms with Gasteiger partial charge in [0, 0.05) is 24.2 Å². The third-order valence-corrected chi connectivity index (χ3v) is 3.44. The summed E-state index contributed by atoms with van der Waals surface area (Å²) in [6.07, 6.45) is 0.324. The van der Waals surface area contributed by atoms with E-state index < -0.39 is 0 Å². The number of primary amides is 1. The van der Waals surface area contributed by atoms with E-state index in [-0.39, 0.29) is 5.91 Å². The summed E-state index contributed by atoms with van der Waals surface area (Å²) in [4.78, 5) is 10.8. The van der Waals surface area contributed by atoms with E-state index in [1.54, 1.807) is 11.3 Å². The maximum absolute atomic E-state index is 10.8. The molecule has 5 heteroatoms. The Morgan fingerprint density at radius 1 is 1.53 bits per heavy atom. The lowest BCUT2D eigenvalue weighted by atomic mass is 10.1. The minimum atomic E-state index is -0.297. The number of carbonyl (C=O) groups is 1. The highest BCUT2D eigenvalue weighted by molar-refractivity contribution is 7.08. The first-order valence-corrected chi connectivity index (χ1v) is 6.38. The molecule has 2 aromatic heterocycles. The zero-order chi connectivity index (χ0) is 12.4. The van der Waals surface area contributed by atoms with E-state index in [9.17, 15) is 4.79 Å². The molecule has 0 aliphatic heterocycles. The topological polar surface area (TPSA) is 60.9 Å². The summed E-state index contributed by atoms with van der Waals surface area (Å²) in [5.41, 5.74) is 9.58. The van der Waals surface area contributed by atoms with Crippen LogP contribution in [0.15, 0.2) is 16.8 Å². The highest BCUT2D eigenvalue weighted by atomic mass is 32.1. The molecule has 4 nitrogen and oxygen atoms in total. The van der Waals surface area contributed by atoms with E-state index in [0.717, 1.165) is 17.0 Å². The molecule has 0 aliphatic rings. The van der Waals surface area contributed by atoms with Crippen molar-refractivity contribution in [3.8, 4) is 11.1 Å². The highest BCUT2D eigenvalue weighted by Crippen LogP contribution is 2.28. The molecule has 2 aromatic rings. The van der Waals surface area contributed by atoms with Crippen LogP contribution in [0.2, 0.25) is 0 Å². The second-order valence-electron chi connectivity index (χ2n) is 4.00. The van der Waals surface area contributed by atoms with Gasteiger partial charge in [-0.15, -0.1) is 0 Å². The van der Waals surface area contributed by atoms with Crippen LogP contribution in [0, 0.1) is 13.8 Å². The molecule has 2 rings (SSSR count). The molecule has 1 amide bonds. The minimum Gasteiger partial charge on any atom is -0.370 e. The smallest absolute Gasteiger partial charge is 0.219 e. The molecular weight excluding hydrogens is 234 g/mol. The molecule has 17 heavy (non-hydrogen) atoms. The van der Waals surface area contributed by atoms with Crippen LogP contribution in [0.25, 0.3) is 11.1 Å². The van der Waals surface area contributed by atoms with Gasteiger partial charge < -0.3 is 5.73 Å². The summed E-state index contributed by atoms with van der Waals surface area (Å²) >= 11 is 1.67. The Morgan fingerprint density at radius 3 is 2.88 bits per heavy atom. The molecule has 0 saturated heterocycles. The Kier molecular flexibility index (Phi) is 3.28. The summed E-state index contributed by atoms with van der Waals surface area (Å²) in [7, 11) is 0. The van der Waals surface area contributed by atoms with Crippen molar-refractivity contribution in [2.45, 2.75) is 26.8 Å². The zero-order valence-electron chi connectivity index (χ0n) is 9.93. The van der Waals surface area contributed by atoms with Gasteiger partial charge in [-0.25, -0.2) is 0 Å². The van der Waals surface area contributed by atoms with Crippen LogP contribution in [0.5, 0.6) is 0 Å². The lowest BCUT2D eigenvalue weighted by Crippen LogP contribution is -2.15. The molecule has 0 unspecified atom stereocenters. The summed E-state index contributed by atoms with van der Waals surface area (Å²) < 4.78 is 1.85. The van der Waals surface area contributed by atoms with Gasteiger partial charge in [0.25, 0.3) is 0 Å². The number of nitrogens with two attached hydrogens (primary N) is 1. The molecular formula is C12H15N3OS. The molecule has 0 atom stereocenters. The molecule has 0 spiro atoms. The number of nitrogens with zero attached hydrogens (tertiary/aromatic N) is 2. The molecule has 90 valence electrons. The third-order valence-electron chi connectivity index (χ3n) is 2.76. The fraction of sp³-hybridized carbons (Fsp3) is 0.333. The van der Waals surface area contributed by atoms with Gasteiger partial charge in [0.1, 0.15) is 0 Å². The van der Waals surface area contributed by atoms with Crippen LogP contribution in [0.3, 0.4) is 0 Å².